The molecule has 3 heterocycles. The Bertz CT molecular complexity index is 567. The molecule has 0 spiro atoms. The SMILES string of the molecule is CC1CN(C)CCN1c1nc(N)nc2sccc12. The van der Waals surface area contributed by atoms with E-state index in [1.165, 1.54) is 0 Å². The maximum atomic E-state index is 5.81. The monoisotopic (exact) mass is 263 g/mol. The molecular formula is C12H17N5S. The van der Waals surface area contributed by atoms with Crippen LogP contribution >= 0.6 is 11.3 Å². The number of nitrogens with zero attached hydrogens (tertiary/aromatic N) is 4. The van der Waals surface area contributed by atoms with Crippen LogP contribution in [-0.2, 0) is 0 Å². The van der Waals surface area contributed by atoms with Crippen LogP contribution in [0.2, 0.25) is 0 Å². The van der Waals surface area contributed by atoms with Crippen LogP contribution in [0.1, 0.15) is 6.92 Å². The van der Waals surface area contributed by atoms with Gasteiger partial charge in [-0.1, -0.05) is 0 Å². The summed E-state index contributed by atoms with van der Waals surface area (Å²) in [6.07, 6.45) is 0. The lowest BCUT2D eigenvalue weighted by Crippen LogP contribution is -2.50. The zero-order valence-electron chi connectivity index (χ0n) is 10.6. The fraction of sp³-hybridized carbons (Fsp3) is 0.500. The number of hydrogen-bond donors (Lipinski definition) is 1. The maximum absolute atomic E-state index is 5.81. The lowest BCUT2D eigenvalue weighted by molar-refractivity contribution is 0.275. The lowest BCUT2D eigenvalue weighted by Gasteiger charge is -2.39. The summed E-state index contributed by atoms with van der Waals surface area (Å²) in [6.45, 7) is 5.32. The van der Waals surface area contributed by atoms with Gasteiger partial charge in [0.1, 0.15) is 10.6 Å². The maximum Gasteiger partial charge on any atom is 0.223 e. The van der Waals surface area contributed by atoms with Gasteiger partial charge in [0.15, 0.2) is 0 Å². The molecular weight excluding hydrogens is 246 g/mol. The van der Waals surface area contributed by atoms with Crippen LogP contribution in [0.4, 0.5) is 11.8 Å². The Morgan fingerprint density at radius 1 is 1.39 bits per heavy atom. The average Bonchev–Trinajstić information content (AvgIpc) is 2.76. The molecule has 0 amide bonds. The van der Waals surface area contributed by atoms with Gasteiger partial charge in [-0.15, -0.1) is 11.3 Å². The first kappa shape index (κ1) is 11.7. The van der Waals surface area contributed by atoms with Gasteiger partial charge in [0.2, 0.25) is 5.95 Å². The van der Waals surface area contributed by atoms with Crippen molar-refractivity contribution < 1.29 is 0 Å². The number of hydrogen-bond acceptors (Lipinski definition) is 6. The van der Waals surface area contributed by atoms with Crippen LogP contribution in [0, 0.1) is 0 Å². The predicted molar refractivity (Wildman–Crippen MR) is 76.1 cm³/mol. The predicted octanol–water partition coefficient (Wildman–Crippen LogP) is 1.41. The first-order chi connectivity index (χ1) is 8.65. The minimum absolute atomic E-state index is 0.367. The van der Waals surface area contributed by atoms with Gasteiger partial charge >= 0.3 is 0 Å². The lowest BCUT2D eigenvalue weighted by atomic mass is 10.2. The van der Waals surface area contributed by atoms with Crippen molar-refractivity contribution in [2.75, 3.05) is 37.3 Å². The molecule has 5 nitrogen and oxygen atoms in total. The van der Waals surface area contributed by atoms with Gasteiger partial charge in [0, 0.05) is 25.7 Å². The molecule has 1 aliphatic heterocycles. The smallest absolute Gasteiger partial charge is 0.223 e. The van der Waals surface area contributed by atoms with Gasteiger partial charge < -0.3 is 15.5 Å². The molecule has 0 saturated carbocycles. The second-order valence-corrected chi connectivity index (χ2v) is 5.74. The van der Waals surface area contributed by atoms with Crippen molar-refractivity contribution in [2.45, 2.75) is 13.0 Å². The first-order valence-corrected chi connectivity index (χ1v) is 6.99. The molecule has 0 radical (unpaired) electrons. The quantitative estimate of drug-likeness (QED) is 0.843. The highest BCUT2D eigenvalue weighted by atomic mass is 32.1. The van der Waals surface area contributed by atoms with E-state index in [1.54, 1.807) is 11.3 Å². The summed E-state index contributed by atoms with van der Waals surface area (Å²) in [4.78, 5) is 14.4. The molecule has 1 saturated heterocycles. The Kier molecular flexibility index (Phi) is 2.83. The number of likely N-dealkylation sites (N-methyl/N-ethyl adjacent to an activating group) is 1. The third-order valence-corrected chi connectivity index (χ3v) is 4.23. The van der Waals surface area contributed by atoms with Gasteiger partial charge in [-0.2, -0.15) is 4.98 Å². The summed E-state index contributed by atoms with van der Waals surface area (Å²) < 4.78 is 0. The summed E-state index contributed by atoms with van der Waals surface area (Å²) in [5.74, 6) is 1.35. The summed E-state index contributed by atoms with van der Waals surface area (Å²) >= 11 is 1.61. The van der Waals surface area contributed by atoms with E-state index in [-0.39, 0.29) is 0 Å². The van der Waals surface area contributed by atoms with E-state index in [9.17, 15) is 0 Å². The fourth-order valence-corrected chi connectivity index (χ4v) is 3.29. The van der Waals surface area contributed by atoms with Crippen LogP contribution < -0.4 is 10.6 Å². The van der Waals surface area contributed by atoms with Gasteiger partial charge in [-0.25, -0.2) is 4.98 Å². The molecule has 2 N–H and O–H groups in total. The summed E-state index contributed by atoms with van der Waals surface area (Å²) in [5.41, 5.74) is 5.81. The number of piperazine rings is 1. The van der Waals surface area contributed by atoms with E-state index >= 15 is 0 Å². The molecule has 2 aromatic rings. The number of thiophene rings is 1. The molecule has 1 fully saturated rings. The molecule has 2 aromatic heterocycles. The normalized spacial score (nSPS) is 21.7. The summed E-state index contributed by atoms with van der Waals surface area (Å²) in [5, 5.41) is 3.16. The zero-order chi connectivity index (χ0) is 12.7. The topological polar surface area (TPSA) is 58.3 Å². The van der Waals surface area contributed by atoms with Crippen molar-refractivity contribution in [1.29, 1.82) is 0 Å². The van der Waals surface area contributed by atoms with Crippen molar-refractivity contribution in [1.82, 2.24) is 14.9 Å². The van der Waals surface area contributed by atoms with E-state index < -0.39 is 0 Å². The highest BCUT2D eigenvalue weighted by molar-refractivity contribution is 7.16. The van der Waals surface area contributed by atoms with Crippen molar-refractivity contribution in [3.8, 4) is 0 Å². The molecule has 0 bridgehead atoms. The van der Waals surface area contributed by atoms with Gasteiger partial charge in [-0.05, 0) is 25.4 Å². The van der Waals surface area contributed by atoms with Crippen molar-refractivity contribution in [3.63, 3.8) is 0 Å². The Labute approximate surface area is 110 Å². The van der Waals surface area contributed by atoms with Crippen LogP contribution in [0.3, 0.4) is 0 Å². The van der Waals surface area contributed by atoms with E-state index in [2.05, 4.69) is 39.8 Å². The van der Waals surface area contributed by atoms with E-state index in [0.29, 0.717) is 12.0 Å². The third kappa shape index (κ3) is 1.91. The number of fused-ring (bicyclic) bond motifs is 1. The molecule has 6 heteroatoms. The van der Waals surface area contributed by atoms with Crippen molar-refractivity contribution in [3.05, 3.63) is 11.4 Å². The standard InChI is InChI=1S/C12H17N5S/c1-8-7-16(2)4-5-17(8)10-9-3-6-18-11(9)15-12(13)14-10/h3,6,8H,4-5,7H2,1-2H3,(H2,13,14,15). The minimum atomic E-state index is 0.367. The minimum Gasteiger partial charge on any atom is -0.368 e. The number of rotatable bonds is 1. The Hall–Kier alpha value is -1.40. The molecule has 0 aliphatic carbocycles. The van der Waals surface area contributed by atoms with Gasteiger partial charge in [-0.3, -0.25) is 0 Å². The number of anilines is 2. The van der Waals surface area contributed by atoms with Crippen molar-refractivity contribution >= 4 is 33.3 Å². The number of aromatic nitrogens is 2. The van der Waals surface area contributed by atoms with Gasteiger partial charge in [0.05, 0.1) is 5.39 Å². The zero-order valence-corrected chi connectivity index (χ0v) is 11.4. The molecule has 96 valence electrons. The van der Waals surface area contributed by atoms with Crippen molar-refractivity contribution in [2.24, 2.45) is 0 Å². The van der Waals surface area contributed by atoms with E-state index in [1.807, 2.05) is 5.38 Å². The average molecular weight is 263 g/mol. The van der Waals surface area contributed by atoms with Crippen LogP contribution in [-0.4, -0.2) is 47.6 Å². The second kappa shape index (κ2) is 4.37. The third-order valence-electron chi connectivity index (χ3n) is 3.42. The van der Waals surface area contributed by atoms with Crippen LogP contribution in [0.5, 0.6) is 0 Å². The molecule has 1 atom stereocenters. The summed E-state index contributed by atoms with van der Waals surface area (Å²) in [6, 6.07) is 2.53. The molecule has 0 aromatic carbocycles. The first-order valence-electron chi connectivity index (χ1n) is 6.11. The largest absolute Gasteiger partial charge is 0.368 e. The fourth-order valence-electron chi connectivity index (χ4n) is 2.53. The Morgan fingerprint density at radius 3 is 3.00 bits per heavy atom. The van der Waals surface area contributed by atoms with Gasteiger partial charge in [0.25, 0.3) is 0 Å². The van der Waals surface area contributed by atoms with Crippen LogP contribution in [0.25, 0.3) is 10.2 Å². The molecule has 3 rings (SSSR count). The summed E-state index contributed by atoms with van der Waals surface area (Å²) in [7, 11) is 2.16. The number of nitrogens with two attached hydrogens (primary N) is 1. The molecule has 1 aliphatic rings. The Balaban J connectivity index is 2.05. The van der Waals surface area contributed by atoms with E-state index in [4.69, 9.17) is 5.73 Å². The Morgan fingerprint density at radius 2 is 2.22 bits per heavy atom. The molecule has 18 heavy (non-hydrogen) atoms. The van der Waals surface area contributed by atoms with E-state index in [0.717, 1.165) is 35.7 Å². The molecule has 1 unspecified atom stereocenters. The highest BCUT2D eigenvalue weighted by Gasteiger charge is 2.24. The van der Waals surface area contributed by atoms with Crippen LogP contribution in [0.15, 0.2) is 11.4 Å². The second-order valence-electron chi connectivity index (χ2n) is 4.85. The highest BCUT2D eigenvalue weighted by Crippen LogP contribution is 2.30. The number of nitrogen functional groups attached to an aromatic ring is 1.